The van der Waals surface area contributed by atoms with Gasteiger partial charge < -0.3 is 14.6 Å². The van der Waals surface area contributed by atoms with Crippen molar-refractivity contribution in [2.24, 2.45) is 0 Å². The van der Waals surface area contributed by atoms with Gasteiger partial charge in [0, 0.05) is 24.2 Å². The zero-order chi connectivity index (χ0) is 19.4. The molecule has 3 aromatic rings. The summed E-state index contributed by atoms with van der Waals surface area (Å²) in [6, 6.07) is 11.2. The second kappa shape index (κ2) is 8.09. The van der Waals surface area contributed by atoms with E-state index < -0.39 is 0 Å². The first-order chi connectivity index (χ1) is 13.0. The minimum atomic E-state index is 0.238. The fraction of sp³-hybridized carbons (Fsp3) is 0.300. The molecule has 0 saturated heterocycles. The molecule has 0 spiro atoms. The number of methoxy groups -OCH3 is 2. The maximum atomic E-state index is 10.3. The Kier molecular flexibility index (Phi) is 5.61. The molecule has 0 fully saturated rings. The summed E-state index contributed by atoms with van der Waals surface area (Å²) in [6.45, 7) is 2.96. The molecule has 0 aliphatic rings. The summed E-state index contributed by atoms with van der Waals surface area (Å²) >= 11 is 0. The number of nitrogens with zero attached hydrogens (tertiary/aromatic N) is 3. The molecule has 0 saturated carbocycles. The van der Waals surface area contributed by atoms with Crippen LogP contribution in [0.25, 0.3) is 11.1 Å². The number of aromatic hydroxyl groups is 1. The molecule has 0 atom stereocenters. The van der Waals surface area contributed by atoms with Gasteiger partial charge in [-0.2, -0.15) is 0 Å². The Morgan fingerprint density at radius 2 is 1.85 bits per heavy atom. The second-order valence-electron chi connectivity index (χ2n) is 6.38. The third-order valence-corrected chi connectivity index (χ3v) is 4.40. The lowest BCUT2D eigenvalue weighted by Gasteiger charge is -2.17. The Bertz CT molecular complexity index is 923. The van der Waals surface area contributed by atoms with Gasteiger partial charge in [-0.25, -0.2) is 4.63 Å². The summed E-state index contributed by atoms with van der Waals surface area (Å²) in [5.74, 6) is 1.72. The first kappa shape index (κ1) is 18.7. The number of aryl methyl sites for hydroxylation is 1. The topological polar surface area (TPSA) is 80.9 Å². The Labute approximate surface area is 158 Å². The molecule has 3 rings (SSSR count). The van der Waals surface area contributed by atoms with Gasteiger partial charge in [-0.15, -0.1) is 0 Å². The molecular weight excluding hydrogens is 346 g/mol. The molecule has 0 aliphatic heterocycles. The summed E-state index contributed by atoms with van der Waals surface area (Å²) in [5, 5.41) is 18.0. The summed E-state index contributed by atoms with van der Waals surface area (Å²) in [5.41, 5.74) is 4.18. The monoisotopic (exact) mass is 369 g/mol. The molecule has 0 radical (unpaired) electrons. The third-order valence-electron chi connectivity index (χ3n) is 4.40. The van der Waals surface area contributed by atoms with Crippen molar-refractivity contribution in [2.45, 2.75) is 20.0 Å². The number of benzene rings is 2. The molecule has 142 valence electrons. The molecule has 7 nitrogen and oxygen atoms in total. The molecule has 0 unspecified atom stereocenters. The maximum Gasteiger partial charge on any atom is 0.126 e. The van der Waals surface area contributed by atoms with E-state index in [9.17, 15) is 5.11 Å². The number of phenols is 1. The summed E-state index contributed by atoms with van der Waals surface area (Å²) in [6.07, 6.45) is 0. The van der Waals surface area contributed by atoms with Crippen molar-refractivity contribution in [3.05, 3.63) is 53.3 Å². The SMILES string of the molecule is COc1ccc(OC)c(-c2ccc(O)c(CN(C)Cc3nonc3C)c2)c1. The van der Waals surface area contributed by atoms with Crippen molar-refractivity contribution in [1.29, 1.82) is 0 Å². The van der Waals surface area contributed by atoms with E-state index in [4.69, 9.17) is 14.1 Å². The smallest absolute Gasteiger partial charge is 0.126 e. The van der Waals surface area contributed by atoms with Crippen LogP contribution in [0.15, 0.2) is 41.0 Å². The highest BCUT2D eigenvalue weighted by molar-refractivity contribution is 5.73. The van der Waals surface area contributed by atoms with Crippen molar-refractivity contribution >= 4 is 0 Å². The van der Waals surface area contributed by atoms with Gasteiger partial charge in [-0.05, 0) is 49.9 Å². The first-order valence-electron chi connectivity index (χ1n) is 8.52. The van der Waals surface area contributed by atoms with Gasteiger partial charge in [0.2, 0.25) is 0 Å². The van der Waals surface area contributed by atoms with Crippen LogP contribution in [-0.4, -0.2) is 41.6 Å². The standard InChI is InChI=1S/C20H23N3O4/c1-13-18(22-27-21-13)12-23(2)11-15-9-14(5-7-19(15)24)17-10-16(25-3)6-8-20(17)26-4/h5-10,24H,11-12H2,1-4H3. The molecule has 0 amide bonds. The number of phenolic OH excluding ortho intramolecular Hbond substituents is 1. The Morgan fingerprint density at radius 1 is 1.04 bits per heavy atom. The lowest BCUT2D eigenvalue weighted by atomic mass is 10.0. The van der Waals surface area contributed by atoms with E-state index in [2.05, 4.69) is 10.3 Å². The van der Waals surface area contributed by atoms with Gasteiger partial charge in [-0.3, -0.25) is 4.90 Å². The third kappa shape index (κ3) is 4.20. The number of rotatable bonds is 7. The Hall–Kier alpha value is -3.06. The van der Waals surface area contributed by atoms with Crippen molar-refractivity contribution in [1.82, 2.24) is 15.2 Å². The number of aromatic nitrogens is 2. The minimum absolute atomic E-state index is 0.238. The summed E-state index contributed by atoms with van der Waals surface area (Å²) in [7, 11) is 5.21. The predicted octanol–water partition coefficient (Wildman–Crippen LogP) is 3.40. The van der Waals surface area contributed by atoms with Crippen LogP contribution in [0.4, 0.5) is 0 Å². The highest BCUT2D eigenvalue weighted by Gasteiger charge is 2.14. The maximum absolute atomic E-state index is 10.3. The lowest BCUT2D eigenvalue weighted by Crippen LogP contribution is -2.18. The van der Waals surface area contributed by atoms with E-state index in [0.717, 1.165) is 39.6 Å². The van der Waals surface area contributed by atoms with Gasteiger partial charge in [0.1, 0.15) is 28.6 Å². The van der Waals surface area contributed by atoms with E-state index in [0.29, 0.717) is 13.1 Å². The van der Waals surface area contributed by atoms with E-state index in [1.165, 1.54) is 0 Å². The van der Waals surface area contributed by atoms with Crippen LogP contribution < -0.4 is 9.47 Å². The molecule has 2 aromatic carbocycles. The van der Waals surface area contributed by atoms with Crippen LogP contribution in [0.5, 0.6) is 17.2 Å². The van der Waals surface area contributed by atoms with Crippen LogP contribution in [0.3, 0.4) is 0 Å². The number of ether oxygens (including phenoxy) is 2. The number of hydrogen-bond donors (Lipinski definition) is 1. The van der Waals surface area contributed by atoms with Gasteiger partial charge in [-0.1, -0.05) is 16.4 Å². The minimum Gasteiger partial charge on any atom is -0.508 e. The van der Waals surface area contributed by atoms with Gasteiger partial charge in [0.05, 0.1) is 14.2 Å². The lowest BCUT2D eigenvalue weighted by molar-refractivity contribution is 0.277. The molecule has 7 heteroatoms. The first-order valence-corrected chi connectivity index (χ1v) is 8.52. The van der Waals surface area contributed by atoms with Crippen LogP contribution in [-0.2, 0) is 13.1 Å². The highest BCUT2D eigenvalue weighted by Crippen LogP contribution is 2.35. The molecule has 0 aliphatic carbocycles. The fourth-order valence-corrected chi connectivity index (χ4v) is 2.91. The molecule has 1 aromatic heterocycles. The zero-order valence-electron chi connectivity index (χ0n) is 15.9. The molecule has 1 N–H and O–H groups in total. The molecular formula is C20H23N3O4. The van der Waals surface area contributed by atoms with Crippen molar-refractivity contribution in [2.75, 3.05) is 21.3 Å². The van der Waals surface area contributed by atoms with Crippen LogP contribution in [0.1, 0.15) is 17.0 Å². The molecule has 1 heterocycles. The van der Waals surface area contributed by atoms with Crippen molar-refractivity contribution < 1.29 is 19.2 Å². The van der Waals surface area contributed by atoms with Gasteiger partial charge in [0.25, 0.3) is 0 Å². The van der Waals surface area contributed by atoms with E-state index in [-0.39, 0.29) is 5.75 Å². The predicted molar refractivity (Wildman–Crippen MR) is 101 cm³/mol. The number of hydrogen-bond acceptors (Lipinski definition) is 7. The van der Waals surface area contributed by atoms with E-state index >= 15 is 0 Å². The van der Waals surface area contributed by atoms with Crippen LogP contribution >= 0.6 is 0 Å². The highest BCUT2D eigenvalue weighted by atomic mass is 16.6. The zero-order valence-corrected chi connectivity index (χ0v) is 15.9. The average molecular weight is 369 g/mol. The van der Waals surface area contributed by atoms with Crippen LogP contribution in [0.2, 0.25) is 0 Å². The summed E-state index contributed by atoms with van der Waals surface area (Å²) in [4.78, 5) is 2.04. The van der Waals surface area contributed by atoms with Gasteiger partial charge >= 0.3 is 0 Å². The Morgan fingerprint density at radius 3 is 2.52 bits per heavy atom. The van der Waals surface area contributed by atoms with E-state index in [1.807, 2.05) is 49.2 Å². The van der Waals surface area contributed by atoms with Crippen LogP contribution in [0, 0.1) is 6.92 Å². The summed E-state index contributed by atoms with van der Waals surface area (Å²) < 4.78 is 15.6. The van der Waals surface area contributed by atoms with Gasteiger partial charge in [0.15, 0.2) is 0 Å². The second-order valence-corrected chi connectivity index (χ2v) is 6.38. The normalized spacial score (nSPS) is 11.0. The largest absolute Gasteiger partial charge is 0.508 e. The molecule has 0 bridgehead atoms. The van der Waals surface area contributed by atoms with E-state index in [1.54, 1.807) is 20.3 Å². The Balaban J connectivity index is 1.87. The fourth-order valence-electron chi connectivity index (χ4n) is 2.91. The van der Waals surface area contributed by atoms with Crippen molar-refractivity contribution in [3.8, 4) is 28.4 Å². The quantitative estimate of drug-likeness (QED) is 0.683. The van der Waals surface area contributed by atoms with Crippen molar-refractivity contribution in [3.63, 3.8) is 0 Å². The average Bonchev–Trinajstić information content (AvgIpc) is 3.07. The molecule has 27 heavy (non-hydrogen) atoms.